The topological polar surface area (TPSA) is 78.0 Å². The Kier molecular flexibility index (Phi) is 3.03. The van der Waals surface area contributed by atoms with Gasteiger partial charge in [0.2, 0.25) is 0 Å². The van der Waals surface area contributed by atoms with Crippen molar-refractivity contribution in [1.82, 2.24) is 9.78 Å². The van der Waals surface area contributed by atoms with E-state index in [1.54, 1.807) is 6.07 Å². The second-order valence-electron chi connectivity index (χ2n) is 4.21. The van der Waals surface area contributed by atoms with Crippen LogP contribution in [0.4, 0.5) is 5.69 Å². The van der Waals surface area contributed by atoms with E-state index < -0.39 is 4.92 Å². The maximum Gasteiger partial charge on any atom is 0.270 e. The summed E-state index contributed by atoms with van der Waals surface area (Å²) >= 11 is 1.51. The highest BCUT2D eigenvalue weighted by Crippen LogP contribution is 2.21. The molecule has 0 atom stereocenters. The standard InChI is InChI=1S/C13H9N3O3S/c17-13(7-11-2-1-5-20-11)15-12-4-3-10(16(18)19)6-9(12)8-14-15/h1-6,8H,7H2. The molecule has 7 heteroatoms. The number of thiophene rings is 1. The highest BCUT2D eigenvalue weighted by Gasteiger charge is 2.14. The fourth-order valence-electron chi connectivity index (χ4n) is 1.97. The van der Waals surface area contributed by atoms with E-state index >= 15 is 0 Å². The van der Waals surface area contributed by atoms with Crippen LogP contribution in [0.1, 0.15) is 9.67 Å². The average molecular weight is 287 g/mol. The van der Waals surface area contributed by atoms with Gasteiger partial charge in [-0.25, -0.2) is 0 Å². The van der Waals surface area contributed by atoms with Crippen LogP contribution < -0.4 is 0 Å². The van der Waals surface area contributed by atoms with Crippen molar-refractivity contribution in [3.8, 4) is 0 Å². The molecule has 0 aliphatic carbocycles. The Morgan fingerprint density at radius 3 is 2.95 bits per heavy atom. The lowest BCUT2D eigenvalue weighted by Gasteiger charge is -2.00. The molecule has 2 aromatic heterocycles. The van der Waals surface area contributed by atoms with Gasteiger partial charge in [-0.3, -0.25) is 14.9 Å². The molecule has 100 valence electrons. The molecule has 6 nitrogen and oxygen atoms in total. The van der Waals surface area contributed by atoms with E-state index in [1.165, 1.54) is 34.3 Å². The number of carbonyl (C=O) groups is 1. The zero-order chi connectivity index (χ0) is 14.1. The van der Waals surface area contributed by atoms with Gasteiger partial charge in [-0.1, -0.05) is 6.07 Å². The molecule has 3 rings (SSSR count). The summed E-state index contributed by atoms with van der Waals surface area (Å²) in [6.45, 7) is 0. The predicted molar refractivity (Wildman–Crippen MR) is 75.0 cm³/mol. The molecule has 0 unspecified atom stereocenters. The number of carbonyl (C=O) groups excluding carboxylic acids is 1. The van der Waals surface area contributed by atoms with Crippen LogP contribution in [0.5, 0.6) is 0 Å². The molecule has 1 aromatic carbocycles. The van der Waals surface area contributed by atoms with Crippen molar-refractivity contribution in [3.63, 3.8) is 0 Å². The molecule has 0 fully saturated rings. The predicted octanol–water partition coefficient (Wildman–Crippen LogP) is 2.89. The van der Waals surface area contributed by atoms with E-state index in [-0.39, 0.29) is 18.0 Å². The van der Waals surface area contributed by atoms with E-state index in [0.29, 0.717) is 10.9 Å². The molecule has 0 saturated carbocycles. The Hall–Kier alpha value is -2.54. The molecular weight excluding hydrogens is 278 g/mol. The number of nitrogens with zero attached hydrogens (tertiary/aromatic N) is 3. The second kappa shape index (κ2) is 4.86. The van der Waals surface area contributed by atoms with Crippen molar-refractivity contribution in [2.45, 2.75) is 6.42 Å². The summed E-state index contributed by atoms with van der Waals surface area (Å²) in [5.74, 6) is -0.156. The normalized spacial score (nSPS) is 10.8. The van der Waals surface area contributed by atoms with Gasteiger partial charge in [0.25, 0.3) is 11.6 Å². The highest BCUT2D eigenvalue weighted by molar-refractivity contribution is 7.10. The molecular formula is C13H9N3O3S. The van der Waals surface area contributed by atoms with Gasteiger partial charge >= 0.3 is 0 Å². The fraction of sp³-hybridized carbons (Fsp3) is 0.0769. The Bertz CT molecular complexity index is 792. The number of hydrogen-bond acceptors (Lipinski definition) is 5. The van der Waals surface area contributed by atoms with Gasteiger partial charge in [-0.2, -0.15) is 9.78 Å². The summed E-state index contributed by atoms with van der Waals surface area (Å²) in [6.07, 6.45) is 1.74. The van der Waals surface area contributed by atoms with Crippen LogP contribution in [-0.2, 0) is 6.42 Å². The number of aromatic nitrogens is 2. The van der Waals surface area contributed by atoms with Crippen LogP contribution in [0.15, 0.2) is 41.9 Å². The number of hydrogen-bond donors (Lipinski definition) is 0. The van der Waals surface area contributed by atoms with E-state index in [1.807, 2.05) is 17.5 Å². The van der Waals surface area contributed by atoms with Gasteiger partial charge in [-0.05, 0) is 17.5 Å². The number of nitro benzene ring substituents is 1. The van der Waals surface area contributed by atoms with Crippen LogP contribution in [-0.4, -0.2) is 20.6 Å². The van der Waals surface area contributed by atoms with Gasteiger partial charge in [0.05, 0.1) is 23.1 Å². The number of rotatable bonds is 3. The molecule has 0 spiro atoms. The first-order chi connectivity index (χ1) is 9.65. The van der Waals surface area contributed by atoms with Crippen LogP contribution in [0.25, 0.3) is 10.9 Å². The SMILES string of the molecule is O=C(Cc1cccs1)n1ncc2cc([N+](=O)[O-])ccc21. The molecule has 0 N–H and O–H groups in total. The molecule has 0 amide bonds. The zero-order valence-electron chi connectivity index (χ0n) is 10.2. The zero-order valence-corrected chi connectivity index (χ0v) is 11.0. The monoisotopic (exact) mass is 287 g/mol. The minimum atomic E-state index is -0.468. The Morgan fingerprint density at radius 2 is 2.25 bits per heavy atom. The lowest BCUT2D eigenvalue weighted by molar-refractivity contribution is -0.384. The average Bonchev–Trinajstić information content (AvgIpc) is 3.06. The van der Waals surface area contributed by atoms with Gasteiger partial charge < -0.3 is 0 Å². The van der Waals surface area contributed by atoms with Crippen molar-refractivity contribution in [2.75, 3.05) is 0 Å². The van der Waals surface area contributed by atoms with Gasteiger partial charge in [-0.15, -0.1) is 11.3 Å². The summed E-state index contributed by atoms with van der Waals surface area (Å²) in [5, 5.41) is 17.2. The maximum absolute atomic E-state index is 12.2. The van der Waals surface area contributed by atoms with Crippen LogP contribution in [0.3, 0.4) is 0 Å². The molecule has 0 aliphatic heterocycles. The lowest BCUT2D eigenvalue weighted by Crippen LogP contribution is -2.14. The fourth-order valence-corrected chi connectivity index (χ4v) is 2.67. The minimum Gasteiger partial charge on any atom is -0.272 e. The Morgan fingerprint density at radius 1 is 1.40 bits per heavy atom. The van der Waals surface area contributed by atoms with Gasteiger partial charge in [0.15, 0.2) is 0 Å². The third-order valence-corrected chi connectivity index (χ3v) is 3.78. The summed E-state index contributed by atoms with van der Waals surface area (Å²) in [4.78, 5) is 23.4. The molecule has 20 heavy (non-hydrogen) atoms. The number of benzene rings is 1. The number of non-ortho nitro benzene ring substituents is 1. The smallest absolute Gasteiger partial charge is 0.270 e. The Labute approximate surface area is 117 Å². The number of nitro groups is 1. The summed E-state index contributed by atoms with van der Waals surface area (Å²) in [6, 6.07) is 8.11. The highest BCUT2D eigenvalue weighted by atomic mass is 32.1. The van der Waals surface area contributed by atoms with E-state index in [0.717, 1.165) is 4.88 Å². The van der Waals surface area contributed by atoms with Crippen molar-refractivity contribution >= 4 is 33.8 Å². The lowest BCUT2D eigenvalue weighted by atomic mass is 10.2. The third-order valence-electron chi connectivity index (χ3n) is 2.90. The van der Waals surface area contributed by atoms with E-state index in [9.17, 15) is 14.9 Å². The van der Waals surface area contributed by atoms with Gasteiger partial charge in [0.1, 0.15) is 0 Å². The third kappa shape index (κ3) is 2.19. The minimum absolute atomic E-state index is 0.0113. The van der Waals surface area contributed by atoms with Crippen molar-refractivity contribution in [3.05, 3.63) is 56.9 Å². The van der Waals surface area contributed by atoms with Crippen molar-refractivity contribution < 1.29 is 9.72 Å². The molecule has 0 radical (unpaired) electrons. The summed E-state index contributed by atoms with van der Waals surface area (Å²) < 4.78 is 1.29. The Balaban J connectivity index is 1.96. The van der Waals surface area contributed by atoms with E-state index in [4.69, 9.17) is 0 Å². The van der Waals surface area contributed by atoms with Crippen LogP contribution in [0, 0.1) is 10.1 Å². The molecule has 3 aromatic rings. The van der Waals surface area contributed by atoms with Crippen molar-refractivity contribution in [2.24, 2.45) is 0 Å². The molecule has 0 aliphatic rings. The molecule has 0 saturated heterocycles. The second-order valence-corrected chi connectivity index (χ2v) is 5.24. The van der Waals surface area contributed by atoms with Crippen LogP contribution >= 0.6 is 11.3 Å². The molecule has 2 heterocycles. The largest absolute Gasteiger partial charge is 0.272 e. The van der Waals surface area contributed by atoms with E-state index in [2.05, 4.69) is 5.10 Å². The maximum atomic E-state index is 12.2. The number of fused-ring (bicyclic) bond motifs is 1. The van der Waals surface area contributed by atoms with Crippen LogP contribution in [0.2, 0.25) is 0 Å². The first-order valence-electron chi connectivity index (χ1n) is 5.83. The summed E-state index contributed by atoms with van der Waals surface area (Å²) in [7, 11) is 0. The quantitative estimate of drug-likeness (QED) is 0.548. The van der Waals surface area contributed by atoms with Gasteiger partial charge in [0, 0.05) is 22.4 Å². The first-order valence-corrected chi connectivity index (χ1v) is 6.71. The molecule has 0 bridgehead atoms. The summed E-state index contributed by atoms with van der Waals surface area (Å²) in [5.41, 5.74) is 0.569. The van der Waals surface area contributed by atoms with Crippen molar-refractivity contribution in [1.29, 1.82) is 0 Å². The first kappa shape index (κ1) is 12.5.